The molecule has 0 amide bonds. The van der Waals surface area contributed by atoms with Gasteiger partial charge in [0.2, 0.25) is 0 Å². The van der Waals surface area contributed by atoms with Crippen LogP contribution in [-0.2, 0) is 0 Å². The maximum Gasteiger partial charge on any atom is 0.0921 e. The molecule has 0 unspecified atom stereocenters. The first-order chi connectivity index (χ1) is 10.8. The van der Waals surface area contributed by atoms with Crippen molar-refractivity contribution in [2.45, 2.75) is 0 Å². The largest absolute Gasteiger partial charge is 0.364 e. The molecule has 4 heteroatoms. The van der Waals surface area contributed by atoms with E-state index in [2.05, 4.69) is 9.97 Å². The summed E-state index contributed by atoms with van der Waals surface area (Å²) in [6, 6.07) is 19.7. The first-order valence-electron chi connectivity index (χ1n) is 7.01. The molecule has 0 aliphatic heterocycles. The van der Waals surface area contributed by atoms with Crippen LogP contribution in [0.15, 0.2) is 73.1 Å². The Morgan fingerprint density at radius 3 is 1.59 bits per heavy atom. The van der Waals surface area contributed by atoms with E-state index < -0.39 is 8.15 Å². The van der Waals surface area contributed by atoms with Crippen molar-refractivity contribution in [1.82, 2.24) is 9.97 Å². The number of rotatable bonds is 2. The molecule has 4 aromatic rings. The summed E-state index contributed by atoms with van der Waals surface area (Å²) in [5.74, 6) is 0. The van der Waals surface area contributed by atoms with Gasteiger partial charge in [0.05, 0.1) is 19.2 Å². The number of fused-ring (bicyclic) bond motifs is 2. The Morgan fingerprint density at radius 2 is 1.09 bits per heavy atom. The Labute approximate surface area is 129 Å². The predicted octanol–water partition coefficient (Wildman–Crippen LogP) is 3.12. The number of pyridine rings is 2. The highest BCUT2D eigenvalue weighted by molar-refractivity contribution is 7.68. The molecule has 1 N–H and O–H groups in total. The highest BCUT2D eigenvalue weighted by atomic mass is 31.1. The van der Waals surface area contributed by atoms with E-state index in [4.69, 9.17) is 0 Å². The number of aromatic nitrogens is 2. The van der Waals surface area contributed by atoms with Gasteiger partial charge in [-0.05, 0) is 24.3 Å². The monoisotopic (exact) mass is 304 g/mol. The number of nitrogens with zero attached hydrogens (tertiary/aromatic N) is 2. The maximum atomic E-state index is 11.0. The van der Waals surface area contributed by atoms with Crippen molar-refractivity contribution in [3.63, 3.8) is 0 Å². The molecule has 0 radical (unpaired) electrons. The van der Waals surface area contributed by atoms with E-state index in [1.54, 1.807) is 12.4 Å². The normalized spacial score (nSPS) is 11.4. The van der Waals surface area contributed by atoms with Gasteiger partial charge in [0.25, 0.3) is 0 Å². The molecule has 0 saturated carbocycles. The zero-order chi connectivity index (χ0) is 14.9. The fourth-order valence-corrected chi connectivity index (χ4v) is 4.14. The number of hydrogen-bond acceptors (Lipinski definition) is 3. The fraction of sp³-hybridized carbons (Fsp3) is 0. The third kappa shape index (κ3) is 2.16. The molecule has 0 atom stereocenters. The van der Waals surface area contributed by atoms with Gasteiger partial charge in [-0.25, -0.2) is 0 Å². The van der Waals surface area contributed by atoms with E-state index in [-0.39, 0.29) is 0 Å². The second kappa shape index (κ2) is 5.45. The molecule has 106 valence electrons. The number of benzene rings is 2. The lowest BCUT2D eigenvalue weighted by atomic mass is 10.2. The lowest BCUT2D eigenvalue weighted by molar-refractivity contribution is 0.645. The molecule has 0 fully saturated rings. The van der Waals surface area contributed by atoms with E-state index in [0.29, 0.717) is 0 Å². The van der Waals surface area contributed by atoms with Crippen LogP contribution >= 0.6 is 8.15 Å². The smallest absolute Gasteiger partial charge is 0.0921 e. The van der Waals surface area contributed by atoms with E-state index in [9.17, 15) is 4.89 Å². The van der Waals surface area contributed by atoms with Crippen molar-refractivity contribution >= 4 is 40.6 Å². The third-order valence-corrected chi connectivity index (χ3v) is 5.31. The van der Waals surface area contributed by atoms with Crippen molar-refractivity contribution in [1.29, 1.82) is 0 Å². The first-order valence-corrected chi connectivity index (χ1v) is 8.30. The van der Waals surface area contributed by atoms with Crippen LogP contribution in [0.2, 0.25) is 0 Å². The fourth-order valence-electron chi connectivity index (χ4n) is 2.65. The predicted molar refractivity (Wildman–Crippen MR) is 91.9 cm³/mol. The van der Waals surface area contributed by atoms with Gasteiger partial charge in [-0.1, -0.05) is 36.4 Å². The summed E-state index contributed by atoms with van der Waals surface area (Å²) < 4.78 is 0. The van der Waals surface area contributed by atoms with Crippen LogP contribution < -0.4 is 10.6 Å². The van der Waals surface area contributed by atoms with Crippen molar-refractivity contribution < 1.29 is 4.89 Å². The molecule has 4 rings (SSSR count). The average molecular weight is 304 g/mol. The van der Waals surface area contributed by atoms with Gasteiger partial charge in [0, 0.05) is 33.8 Å². The molecular formula is C18H13N2OP. The highest BCUT2D eigenvalue weighted by Gasteiger charge is 2.17. The van der Waals surface area contributed by atoms with Crippen LogP contribution in [-0.4, -0.2) is 14.9 Å². The molecule has 0 bridgehead atoms. The van der Waals surface area contributed by atoms with Crippen molar-refractivity contribution in [3.8, 4) is 0 Å². The molecule has 2 heterocycles. The van der Waals surface area contributed by atoms with Crippen LogP contribution in [0.25, 0.3) is 21.8 Å². The SMILES string of the molecule is OP(c1cccc2cccnc12)c1cccc2cccnc12. The Kier molecular flexibility index (Phi) is 3.30. The van der Waals surface area contributed by atoms with Gasteiger partial charge in [-0.2, -0.15) is 0 Å². The number of para-hydroxylation sites is 2. The highest BCUT2D eigenvalue weighted by Crippen LogP contribution is 2.33. The molecule has 0 saturated heterocycles. The first kappa shape index (κ1) is 13.3. The standard InChI is InChI=1S/C18H13N2OP/c21-22(15-9-1-5-13-7-3-11-19-17(13)15)16-10-2-6-14-8-4-12-20-18(14)16/h1-12,21H. The third-order valence-electron chi connectivity index (χ3n) is 3.68. The lowest BCUT2D eigenvalue weighted by Crippen LogP contribution is -2.14. The van der Waals surface area contributed by atoms with Crippen molar-refractivity contribution in [3.05, 3.63) is 73.1 Å². The average Bonchev–Trinajstić information content (AvgIpc) is 2.60. The van der Waals surface area contributed by atoms with E-state index >= 15 is 0 Å². The molecule has 22 heavy (non-hydrogen) atoms. The zero-order valence-electron chi connectivity index (χ0n) is 11.7. The van der Waals surface area contributed by atoms with Crippen LogP contribution in [0, 0.1) is 0 Å². The van der Waals surface area contributed by atoms with Gasteiger partial charge < -0.3 is 4.89 Å². The van der Waals surface area contributed by atoms with Crippen LogP contribution in [0.5, 0.6) is 0 Å². The Balaban J connectivity index is 1.94. The Morgan fingerprint density at radius 1 is 0.636 bits per heavy atom. The molecule has 3 nitrogen and oxygen atoms in total. The Bertz CT molecular complexity index is 881. The summed E-state index contributed by atoms with van der Waals surface area (Å²) in [6.07, 6.45) is 3.52. The molecular weight excluding hydrogens is 291 g/mol. The van der Waals surface area contributed by atoms with Gasteiger partial charge in [-0.15, -0.1) is 0 Å². The van der Waals surface area contributed by atoms with E-state index in [1.807, 2.05) is 60.7 Å². The molecule has 2 aromatic carbocycles. The summed E-state index contributed by atoms with van der Waals surface area (Å²) in [6.45, 7) is 0. The maximum absolute atomic E-state index is 11.0. The second-order valence-corrected chi connectivity index (χ2v) is 6.60. The summed E-state index contributed by atoms with van der Waals surface area (Å²) in [5.41, 5.74) is 1.71. The summed E-state index contributed by atoms with van der Waals surface area (Å²) in [5, 5.41) is 3.81. The Hall–Kier alpha value is -2.35. The zero-order valence-corrected chi connectivity index (χ0v) is 12.6. The second-order valence-electron chi connectivity index (χ2n) is 5.02. The molecule has 0 aliphatic carbocycles. The van der Waals surface area contributed by atoms with Crippen LogP contribution in [0.1, 0.15) is 0 Å². The summed E-state index contributed by atoms with van der Waals surface area (Å²) >= 11 is 0. The van der Waals surface area contributed by atoms with E-state index in [1.165, 1.54) is 0 Å². The van der Waals surface area contributed by atoms with Gasteiger partial charge >= 0.3 is 0 Å². The van der Waals surface area contributed by atoms with Gasteiger partial charge in [0.1, 0.15) is 0 Å². The topological polar surface area (TPSA) is 46.0 Å². The minimum absolute atomic E-state index is 0.853. The van der Waals surface area contributed by atoms with Crippen molar-refractivity contribution in [2.75, 3.05) is 0 Å². The molecule has 2 aromatic heterocycles. The molecule has 0 spiro atoms. The minimum atomic E-state index is -1.50. The van der Waals surface area contributed by atoms with Crippen LogP contribution in [0.3, 0.4) is 0 Å². The van der Waals surface area contributed by atoms with Crippen LogP contribution in [0.4, 0.5) is 0 Å². The minimum Gasteiger partial charge on any atom is -0.364 e. The quantitative estimate of drug-likeness (QED) is 0.579. The van der Waals surface area contributed by atoms with Crippen molar-refractivity contribution in [2.24, 2.45) is 0 Å². The van der Waals surface area contributed by atoms with Gasteiger partial charge in [0.15, 0.2) is 0 Å². The summed E-state index contributed by atoms with van der Waals surface area (Å²) in [4.78, 5) is 19.9. The van der Waals surface area contributed by atoms with E-state index in [0.717, 1.165) is 32.4 Å². The molecule has 0 aliphatic rings. The number of hydrogen-bond donors (Lipinski definition) is 1. The summed E-state index contributed by atoms with van der Waals surface area (Å²) in [7, 11) is -1.50. The lowest BCUT2D eigenvalue weighted by Gasteiger charge is -2.14. The van der Waals surface area contributed by atoms with Gasteiger partial charge in [-0.3, -0.25) is 9.97 Å².